The Kier molecular flexibility index (Phi) is 4.73. The molecule has 1 aromatic heterocycles. The van der Waals surface area contributed by atoms with Gasteiger partial charge in [0.15, 0.2) is 0 Å². The van der Waals surface area contributed by atoms with Crippen LogP contribution in [-0.2, 0) is 11.3 Å². The van der Waals surface area contributed by atoms with E-state index in [1.165, 1.54) is 22.9 Å². The molecule has 0 radical (unpaired) electrons. The fourth-order valence-corrected chi connectivity index (χ4v) is 2.33. The predicted molar refractivity (Wildman–Crippen MR) is 83.8 cm³/mol. The van der Waals surface area contributed by atoms with Crippen molar-refractivity contribution in [3.05, 3.63) is 45.2 Å². The normalized spacial score (nSPS) is 10.5. The second-order valence-electron chi connectivity index (χ2n) is 4.69. The highest BCUT2D eigenvalue weighted by Crippen LogP contribution is 2.22. The van der Waals surface area contributed by atoms with E-state index in [0.29, 0.717) is 22.1 Å². The molecule has 0 unspecified atom stereocenters. The molecule has 0 bridgehead atoms. The van der Waals surface area contributed by atoms with Crippen LogP contribution in [0.5, 0.6) is 0 Å². The number of nitrogens with zero attached hydrogens (tertiary/aromatic N) is 2. The van der Waals surface area contributed by atoms with Crippen LogP contribution in [0.15, 0.2) is 18.2 Å². The molecule has 0 saturated heterocycles. The van der Waals surface area contributed by atoms with E-state index in [1.807, 2.05) is 0 Å². The molecule has 1 heterocycles. The standard InChI is InChI=1S/C14H13Cl2N3O3/c1-7-13(16)8(2)19(18-7)6-12(20)17-9-3-4-10(14(21)22)11(15)5-9/h3-5H,6H2,1-2H3,(H,17,20)(H,21,22). The summed E-state index contributed by atoms with van der Waals surface area (Å²) >= 11 is 11.9. The maximum atomic E-state index is 12.0. The molecular formula is C14H13Cl2N3O3. The van der Waals surface area contributed by atoms with E-state index < -0.39 is 5.97 Å². The number of hydrogen-bond donors (Lipinski definition) is 2. The lowest BCUT2D eigenvalue weighted by Gasteiger charge is -2.08. The Morgan fingerprint density at radius 2 is 2.00 bits per heavy atom. The first-order chi connectivity index (χ1) is 10.3. The number of rotatable bonds is 4. The van der Waals surface area contributed by atoms with Crippen molar-refractivity contribution in [1.82, 2.24) is 9.78 Å². The van der Waals surface area contributed by atoms with Crippen molar-refractivity contribution in [1.29, 1.82) is 0 Å². The van der Waals surface area contributed by atoms with Crippen molar-refractivity contribution in [3.63, 3.8) is 0 Å². The number of carbonyl (C=O) groups excluding carboxylic acids is 1. The van der Waals surface area contributed by atoms with Crippen molar-refractivity contribution < 1.29 is 14.7 Å². The topological polar surface area (TPSA) is 84.2 Å². The van der Waals surface area contributed by atoms with Gasteiger partial charge in [0.2, 0.25) is 5.91 Å². The Morgan fingerprint density at radius 3 is 2.50 bits per heavy atom. The van der Waals surface area contributed by atoms with Gasteiger partial charge in [0, 0.05) is 5.69 Å². The first-order valence-corrected chi connectivity index (χ1v) is 7.07. The molecule has 0 atom stereocenters. The zero-order valence-corrected chi connectivity index (χ0v) is 13.4. The first-order valence-electron chi connectivity index (χ1n) is 6.31. The minimum Gasteiger partial charge on any atom is -0.478 e. The number of carboxylic acid groups (broad SMARTS) is 1. The summed E-state index contributed by atoms with van der Waals surface area (Å²) in [6.07, 6.45) is 0. The number of carboxylic acids is 1. The third-order valence-corrected chi connectivity index (χ3v) is 3.93. The number of aromatic carboxylic acids is 1. The molecule has 0 spiro atoms. The van der Waals surface area contributed by atoms with E-state index in [9.17, 15) is 9.59 Å². The van der Waals surface area contributed by atoms with Crippen molar-refractivity contribution in [2.45, 2.75) is 20.4 Å². The lowest BCUT2D eigenvalue weighted by molar-refractivity contribution is -0.116. The molecule has 0 aliphatic rings. The molecule has 2 rings (SSSR count). The summed E-state index contributed by atoms with van der Waals surface area (Å²) in [6.45, 7) is 3.53. The smallest absolute Gasteiger partial charge is 0.337 e. The molecule has 1 amide bonds. The fraction of sp³-hybridized carbons (Fsp3) is 0.214. The Balaban J connectivity index is 2.10. The average Bonchev–Trinajstić information content (AvgIpc) is 2.66. The second-order valence-corrected chi connectivity index (χ2v) is 5.48. The lowest BCUT2D eigenvalue weighted by atomic mass is 10.2. The van der Waals surface area contributed by atoms with Crippen LogP contribution in [0.4, 0.5) is 5.69 Å². The van der Waals surface area contributed by atoms with E-state index in [-0.39, 0.29) is 23.0 Å². The number of hydrogen-bond acceptors (Lipinski definition) is 3. The molecule has 116 valence electrons. The van der Waals surface area contributed by atoms with Crippen LogP contribution in [-0.4, -0.2) is 26.8 Å². The third-order valence-electron chi connectivity index (χ3n) is 3.07. The van der Waals surface area contributed by atoms with E-state index in [1.54, 1.807) is 13.8 Å². The molecule has 22 heavy (non-hydrogen) atoms. The fourth-order valence-electron chi connectivity index (χ4n) is 1.93. The van der Waals surface area contributed by atoms with Crippen molar-refractivity contribution in [2.75, 3.05) is 5.32 Å². The van der Waals surface area contributed by atoms with Gasteiger partial charge in [0.25, 0.3) is 0 Å². The Labute approximate surface area is 136 Å². The van der Waals surface area contributed by atoms with Crippen LogP contribution in [0, 0.1) is 13.8 Å². The van der Waals surface area contributed by atoms with E-state index >= 15 is 0 Å². The third kappa shape index (κ3) is 3.40. The van der Waals surface area contributed by atoms with Crippen LogP contribution in [0.3, 0.4) is 0 Å². The van der Waals surface area contributed by atoms with E-state index in [2.05, 4.69) is 10.4 Å². The van der Waals surface area contributed by atoms with Gasteiger partial charge >= 0.3 is 5.97 Å². The quantitative estimate of drug-likeness (QED) is 0.894. The summed E-state index contributed by atoms with van der Waals surface area (Å²) in [5.74, 6) is -1.44. The average molecular weight is 342 g/mol. The van der Waals surface area contributed by atoms with Gasteiger partial charge < -0.3 is 10.4 Å². The SMILES string of the molecule is Cc1nn(CC(=O)Nc2ccc(C(=O)O)c(Cl)c2)c(C)c1Cl. The van der Waals surface area contributed by atoms with Gasteiger partial charge in [-0.05, 0) is 32.0 Å². The highest BCUT2D eigenvalue weighted by Gasteiger charge is 2.13. The maximum absolute atomic E-state index is 12.0. The summed E-state index contributed by atoms with van der Waals surface area (Å²) in [5, 5.41) is 16.3. The molecule has 0 saturated carbocycles. The number of anilines is 1. The highest BCUT2D eigenvalue weighted by atomic mass is 35.5. The summed E-state index contributed by atoms with van der Waals surface area (Å²) in [6, 6.07) is 4.19. The molecule has 0 fully saturated rings. The highest BCUT2D eigenvalue weighted by molar-refractivity contribution is 6.33. The zero-order chi connectivity index (χ0) is 16.4. The second kappa shape index (κ2) is 6.37. The Bertz CT molecular complexity index is 756. The van der Waals surface area contributed by atoms with Crippen LogP contribution in [0.1, 0.15) is 21.7 Å². The number of amides is 1. The van der Waals surface area contributed by atoms with Crippen molar-refractivity contribution >= 4 is 40.8 Å². The van der Waals surface area contributed by atoms with Crippen molar-refractivity contribution in [2.24, 2.45) is 0 Å². The van der Waals surface area contributed by atoms with E-state index in [4.69, 9.17) is 28.3 Å². The van der Waals surface area contributed by atoms with Gasteiger partial charge in [-0.15, -0.1) is 0 Å². The molecule has 2 N–H and O–H groups in total. The van der Waals surface area contributed by atoms with E-state index in [0.717, 1.165) is 0 Å². The summed E-state index contributed by atoms with van der Waals surface area (Å²) in [7, 11) is 0. The van der Waals surface area contributed by atoms with Gasteiger partial charge in [-0.3, -0.25) is 9.48 Å². The van der Waals surface area contributed by atoms with Gasteiger partial charge in [-0.2, -0.15) is 5.10 Å². The predicted octanol–water partition coefficient (Wildman–Crippen LogP) is 3.14. The Hall–Kier alpha value is -2.05. The van der Waals surface area contributed by atoms with Gasteiger partial charge in [0.1, 0.15) is 6.54 Å². The number of benzene rings is 1. The zero-order valence-electron chi connectivity index (χ0n) is 11.9. The van der Waals surface area contributed by atoms with Gasteiger partial charge in [-0.1, -0.05) is 23.2 Å². The first kappa shape index (κ1) is 16.3. The number of halogens is 2. The van der Waals surface area contributed by atoms with Crippen LogP contribution in [0.25, 0.3) is 0 Å². The number of carbonyl (C=O) groups is 2. The Morgan fingerprint density at radius 1 is 1.32 bits per heavy atom. The number of aryl methyl sites for hydroxylation is 1. The molecule has 1 aromatic carbocycles. The summed E-state index contributed by atoms with van der Waals surface area (Å²) < 4.78 is 1.50. The summed E-state index contributed by atoms with van der Waals surface area (Å²) in [5.41, 5.74) is 1.74. The maximum Gasteiger partial charge on any atom is 0.337 e. The van der Waals surface area contributed by atoms with Gasteiger partial charge in [0.05, 0.1) is 27.0 Å². The molecule has 0 aliphatic carbocycles. The molecule has 8 heteroatoms. The molecule has 0 aliphatic heterocycles. The minimum absolute atomic E-state index is 0.00229. The lowest BCUT2D eigenvalue weighted by Crippen LogP contribution is -2.20. The molecule has 2 aromatic rings. The molecule has 6 nitrogen and oxygen atoms in total. The van der Waals surface area contributed by atoms with Crippen LogP contribution >= 0.6 is 23.2 Å². The van der Waals surface area contributed by atoms with Crippen molar-refractivity contribution in [3.8, 4) is 0 Å². The number of aromatic nitrogens is 2. The monoisotopic (exact) mass is 341 g/mol. The summed E-state index contributed by atoms with van der Waals surface area (Å²) in [4.78, 5) is 22.9. The van der Waals surface area contributed by atoms with Crippen LogP contribution in [0.2, 0.25) is 10.0 Å². The largest absolute Gasteiger partial charge is 0.478 e. The van der Waals surface area contributed by atoms with Crippen LogP contribution < -0.4 is 5.32 Å². The minimum atomic E-state index is -1.12. The van der Waals surface area contributed by atoms with Gasteiger partial charge in [-0.25, -0.2) is 4.79 Å². The number of nitrogens with one attached hydrogen (secondary N) is 1. The molecular weight excluding hydrogens is 329 g/mol.